The minimum Gasteiger partial charge on any atom is -0.481 e. The number of rotatable bonds is 6. The van der Waals surface area contributed by atoms with Crippen LogP contribution >= 0.6 is 0 Å². The maximum absolute atomic E-state index is 11.5. The molecule has 110 valence electrons. The maximum atomic E-state index is 11.5. The molecule has 0 bridgehead atoms. The van der Waals surface area contributed by atoms with Crippen molar-refractivity contribution in [1.82, 2.24) is 10.6 Å². The number of nitrogens with one attached hydrogen (secondary N) is 2. The van der Waals surface area contributed by atoms with Crippen LogP contribution < -0.4 is 10.6 Å². The quantitative estimate of drug-likeness (QED) is 0.678. The fourth-order valence-corrected chi connectivity index (χ4v) is 2.39. The van der Waals surface area contributed by atoms with E-state index in [-0.39, 0.29) is 25.1 Å². The lowest BCUT2D eigenvalue weighted by Crippen LogP contribution is -2.44. The summed E-state index contributed by atoms with van der Waals surface area (Å²) in [5.74, 6) is -0.151. The molecule has 0 aliphatic carbocycles. The summed E-state index contributed by atoms with van der Waals surface area (Å²) in [4.78, 5) is 21.8. The van der Waals surface area contributed by atoms with Crippen molar-refractivity contribution in [2.24, 2.45) is 11.8 Å². The molecule has 6 nitrogen and oxygen atoms in total. The summed E-state index contributed by atoms with van der Waals surface area (Å²) in [6, 6.07) is -0.311. The van der Waals surface area contributed by atoms with Crippen molar-refractivity contribution in [3.8, 4) is 0 Å². The first-order valence-electron chi connectivity index (χ1n) is 6.85. The molecule has 1 heterocycles. The highest BCUT2D eigenvalue weighted by Crippen LogP contribution is 2.25. The van der Waals surface area contributed by atoms with Crippen LogP contribution in [-0.2, 0) is 9.53 Å². The minimum atomic E-state index is -0.916. The zero-order valence-corrected chi connectivity index (χ0v) is 11.6. The number of amides is 2. The Balaban J connectivity index is 2.25. The summed E-state index contributed by atoms with van der Waals surface area (Å²) >= 11 is 0. The summed E-state index contributed by atoms with van der Waals surface area (Å²) < 4.78 is 5.75. The van der Waals surface area contributed by atoms with Crippen LogP contribution in [0.2, 0.25) is 0 Å². The Kier molecular flexibility index (Phi) is 6.62. The standard InChI is InChI=1S/C13H24N2O4/c1-9(2)12-10(4-3-7-19-12)8-15-13(18)14-6-5-11(16)17/h9-10,12H,3-8H2,1-2H3,(H,16,17)(H2,14,15,18). The highest BCUT2D eigenvalue weighted by atomic mass is 16.5. The monoisotopic (exact) mass is 272 g/mol. The molecule has 0 saturated carbocycles. The average Bonchev–Trinajstić information content (AvgIpc) is 2.36. The zero-order valence-electron chi connectivity index (χ0n) is 11.6. The van der Waals surface area contributed by atoms with E-state index in [1.165, 1.54) is 0 Å². The molecule has 2 amide bonds. The number of hydrogen-bond donors (Lipinski definition) is 3. The maximum Gasteiger partial charge on any atom is 0.314 e. The predicted molar refractivity (Wildman–Crippen MR) is 71.0 cm³/mol. The van der Waals surface area contributed by atoms with Gasteiger partial charge in [0, 0.05) is 25.6 Å². The SMILES string of the molecule is CC(C)C1OCCCC1CNC(=O)NCCC(=O)O. The second-order valence-corrected chi connectivity index (χ2v) is 5.26. The van der Waals surface area contributed by atoms with Gasteiger partial charge in [0.05, 0.1) is 12.5 Å². The number of hydrogen-bond acceptors (Lipinski definition) is 3. The Morgan fingerprint density at radius 1 is 1.37 bits per heavy atom. The number of urea groups is 1. The number of aliphatic carboxylic acids is 1. The van der Waals surface area contributed by atoms with Gasteiger partial charge in [0.25, 0.3) is 0 Å². The van der Waals surface area contributed by atoms with Crippen molar-refractivity contribution < 1.29 is 19.4 Å². The number of carbonyl (C=O) groups excluding carboxylic acids is 1. The first-order chi connectivity index (χ1) is 9.00. The van der Waals surface area contributed by atoms with E-state index in [9.17, 15) is 9.59 Å². The summed E-state index contributed by atoms with van der Waals surface area (Å²) in [5.41, 5.74) is 0. The molecule has 0 aromatic rings. The van der Waals surface area contributed by atoms with Gasteiger partial charge < -0.3 is 20.5 Å². The lowest BCUT2D eigenvalue weighted by Gasteiger charge is -2.34. The summed E-state index contributed by atoms with van der Waals surface area (Å²) in [6.45, 7) is 5.76. The van der Waals surface area contributed by atoms with Gasteiger partial charge in [0.1, 0.15) is 0 Å². The molecule has 1 saturated heterocycles. The molecular formula is C13H24N2O4. The van der Waals surface area contributed by atoms with E-state index in [0.29, 0.717) is 18.4 Å². The Morgan fingerprint density at radius 3 is 2.74 bits per heavy atom. The third-order valence-electron chi connectivity index (χ3n) is 3.30. The molecular weight excluding hydrogens is 248 g/mol. The molecule has 1 aliphatic rings. The van der Waals surface area contributed by atoms with Crippen LogP contribution in [0.4, 0.5) is 4.79 Å². The van der Waals surface area contributed by atoms with E-state index < -0.39 is 5.97 Å². The highest BCUT2D eigenvalue weighted by molar-refractivity contribution is 5.74. The Labute approximate surface area is 113 Å². The number of carboxylic acids is 1. The van der Waals surface area contributed by atoms with Crippen LogP contribution in [0.1, 0.15) is 33.1 Å². The summed E-state index contributed by atoms with van der Waals surface area (Å²) in [7, 11) is 0. The topological polar surface area (TPSA) is 87.7 Å². The van der Waals surface area contributed by atoms with Crippen molar-refractivity contribution >= 4 is 12.0 Å². The van der Waals surface area contributed by atoms with Crippen molar-refractivity contribution in [3.63, 3.8) is 0 Å². The van der Waals surface area contributed by atoms with Crippen LogP contribution in [0.25, 0.3) is 0 Å². The Hall–Kier alpha value is -1.30. The van der Waals surface area contributed by atoms with Gasteiger partial charge in [0.15, 0.2) is 0 Å². The largest absolute Gasteiger partial charge is 0.481 e. The van der Waals surface area contributed by atoms with E-state index in [0.717, 1.165) is 19.4 Å². The van der Waals surface area contributed by atoms with E-state index in [1.54, 1.807) is 0 Å². The third kappa shape index (κ3) is 5.92. The molecule has 0 aromatic carbocycles. The van der Waals surface area contributed by atoms with Gasteiger partial charge in [-0.2, -0.15) is 0 Å². The molecule has 0 spiro atoms. The van der Waals surface area contributed by atoms with Gasteiger partial charge in [-0.25, -0.2) is 4.79 Å². The fraction of sp³-hybridized carbons (Fsp3) is 0.846. The molecule has 2 unspecified atom stereocenters. The van der Waals surface area contributed by atoms with Crippen LogP contribution in [0.5, 0.6) is 0 Å². The molecule has 1 rings (SSSR count). The molecule has 2 atom stereocenters. The second-order valence-electron chi connectivity index (χ2n) is 5.26. The summed E-state index contributed by atoms with van der Waals surface area (Å²) in [6.07, 6.45) is 2.20. The molecule has 19 heavy (non-hydrogen) atoms. The van der Waals surface area contributed by atoms with Gasteiger partial charge in [0.2, 0.25) is 0 Å². The second kappa shape index (κ2) is 7.99. The van der Waals surface area contributed by atoms with Crippen molar-refractivity contribution in [1.29, 1.82) is 0 Å². The molecule has 0 radical (unpaired) electrons. The molecule has 1 fully saturated rings. The van der Waals surface area contributed by atoms with Crippen LogP contribution in [-0.4, -0.2) is 42.9 Å². The van der Waals surface area contributed by atoms with Crippen molar-refractivity contribution in [2.75, 3.05) is 19.7 Å². The lowest BCUT2D eigenvalue weighted by molar-refractivity contribution is -0.136. The van der Waals surface area contributed by atoms with Gasteiger partial charge in [-0.1, -0.05) is 13.8 Å². The van der Waals surface area contributed by atoms with Gasteiger partial charge in [-0.15, -0.1) is 0 Å². The first kappa shape index (κ1) is 15.8. The fourth-order valence-electron chi connectivity index (χ4n) is 2.39. The van der Waals surface area contributed by atoms with Crippen LogP contribution in [0.15, 0.2) is 0 Å². The van der Waals surface area contributed by atoms with E-state index in [2.05, 4.69) is 24.5 Å². The molecule has 0 aromatic heterocycles. The average molecular weight is 272 g/mol. The minimum absolute atomic E-state index is 0.0609. The molecule has 3 N–H and O–H groups in total. The number of carboxylic acid groups (broad SMARTS) is 1. The van der Waals surface area contributed by atoms with Crippen LogP contribution in [0, 0.1) is 11.8 Å². The highest BCUT2D eigenvalue weighted by Gasteiger charge is 2.28. The van der Waals surface area contributed by atoms with Crippen molar-refractivity contribution in [2.45, 2.75) is 39.2 Å². The van der Waals surface area contributed by atoms with Crippen molar-refractivity contribution in [3.05, 3.63) is 0 Å². The first-order valence-corrected chi connectivity index (χ1v) is 6.85. The summed E-state index contributed by atoms with van der Waals surface area (Å²) in [5, 5.41) is 13.8. The normalized spacial score (nSPS) is 23.1. The van der Waals surface area contributed by atoms with E-state index >= 15 is 0 Å². The number of ether oxygens (including phenoxy) is 1. The van der Waals surface area contributed by atoms with E-state index in [4.69, 9.17) is 9.84 Å². The Bertz CT molecular complexity index is 307. The smallest absolute Gasteiger partial charge is 0.314 e. The third-order valence-corrected chi connectivity index (χ3v) is 3.30. The van der Waals surface area contributed by atoms with Gasteiger partial charge >= 0.3 is 12.0 Å². The molecule has 1 aliphatic heterocycles. The zero-order chi connectivity index (χ0) is 14.3. The Morgan fingerprint density at radius 2 is 2.11 bits per heavy atom. The van der Waals surface area contributed by atoms with Crippen LogP contribution in [0.3, 0.4) is 0 Å². The number of carbonyl (C=O) groups is 2. The van der Waals surface area contributed by atoms with E-state index in [1.807, 2.05) is 0 Å². The predicted octanol–water partition coefficient (Wildman–Crippen LogP) is 1.21. The lowest BCUT2D eigenvalue weighted by atomic mass is 9.87. The van der Waals surface area contributed by atoms with Gasteiger partial charge in [-0.05, 0) is 18.8 Å². The van der Waals surface area contributed by atoms with Gasteiger partial charge in [-0.3, -0.25) is 4.79 Å². The molecule has 6 heteroatoms.